The Kier molecular flexibility index (Phi) is 2.66. The summed E-state index contributed by atoms with van der Waals surface area (Å²) >= 11 is 3.42. The van der Waals surface area contributed by atoms with Crippen molar-refractivity contribution in [3.63, 3.8) is 0 Å². The van der Waals surface area contributed by atoms with Crippen molar-refractivity contribution in [3.8, 4) is 0 Å². The van der Waals surface area contributed by atoms with Crippen LogP contribution in [-0.2, 0) is 9.59 Å². The second-order valence-electron chi connectivity index (χ2n) is 4.23. The molecule has 2 amide bonds. The lowest BCUT2D eigenvalue weighted by atomic mass is 9.94. The van der Waals surface area contributed by atoms with E-state index in [-0.39, 0.29) is 17.7 Å². The minimum atomic E-state index is -0.299. The first-order valence-electron chi connectivity index (χ1n) is 5.62. The molecule has 92 valence electrons. The van der Waals surface area contributed by atoms with Gasteiger partial charge in [-0.15, -0.1) is 0 Å². The number of piperidine rings is 1. The van der Waals surface area contributed by atoms with Gasteiger partial charge in [-0.1, -0.05) is 0 Å². The third-order valence-corrected chi connectivity index (χ3v) is 3.75. The Balaban J connectivity index is 2.09. The van der Waals surface area contributed by atoms with Crippen LogP contribution in [0, 0.1) is 0 Å². The quantitative estimate of drug-likeness (QED) is 0.814. The largest absolute Gasteiger partial charge is 0.302 e. The Labute approximate surface area is 111 Å². The third kappa shape index (κ3) is 1.73. The molecule has 0 aromatic carbocycles. The molecule has 0 spiro atoms. The molecule has 1 aliphatic heterocycles. The number of fused-ring (bicyclic) bond motifs is 1. The molecule has 0 radical (unpaired) electrons. The summed E-state index contributed by atoms with van der Waals surface area (Å²) in [5, 5.41) is 2.38. The minimum absolute atomic E-state index is 0.199. The highest BCUT2D eigenvalue weighted by Gasteiger charge is 2.29. The molecule has 1 unspecified atom stereocenters. The van der Waals surface area contributed by atoms with Crippen LogP contribution in [0.2, 0.25) is 0 Å². The van der Waals surface area contributed by atoms with Crippen molar-refractivity contribution < 1.29 is 9.59 Å². The number of hydrogen-bond acceptors (Lipinski definition) is 3. The average Bonchev–Trinajstić information content (AvgIpc) is 2.81. The van der Waals surface area contributed by atoms with Gasteiger partial charge in [-0.2, -0.15) is 0 Å². The van der Waals surface area contributed by atoms with Gasteiger partial charge in [0.25, 0.3) is 0 Å². The summed E-state index contributed by atoms with van der Waals surface area (Å²) in [5.41, 5.74) is 1.63. The summed E-state index contributed by atoms with van der Waals surface area (Å²) in [5.74, 6) is -0.730. The lowest BCUT2D eigenvalue weighted by Crippen LogP contribution is -2.40. The van der Waals surface area contributed by atoms with Crippen LogP contribution in [0.25, 0.3) is 5.65 Å². The molecule has 1 N–H and O–H groups in total. The first-order valence-corrected chi connectivity index (χ1v) is 6.41. The number of imide groups is 1. The zero-order valence-corrected chi connectivity index (χ0v) is 11.0. The Bertz CT molecular complexity index is 650. The second-order valence-corrected chi connectivity index (χ2v) is 5.09. The van der Waals surface area contributed by atoms with E-state index in [1.54, 1.807) is 6.20 Å². The highest BCUT2D eigenvalue weighted by molar-refractivity contribution is 9.10. The number of imidazole rings is 1. The fourth-order valence-corrected chi connectivity index (χ4v) is 2.69. The smallest absolute Gasteiger partial charge is 0.235 e. The number of hydrogen-bond donors (Lipinski definition) is 1. The number of carbonyl (C=O) groups excluding carboxylic acids is 2. The number of carbonyl (C=O) groups is 2. The standard InChI is InChI=1S/C12H10BrN3O2/c13-8-2-3-9(16-6-5-14-11(8)16)7-1-4-10(17)15-12(7)18/h2-3,5-7H,1,4H2,(H,15,17,18). The van der Waals surface area contributed by atoms with E-state index >= 15 is 0 Å². The Hall–Kier alpha value is -1.69. The van der Waals surface area contributed by atoms with Crippen molar-refractivity contribution in [1.29, 1.82) is 0 Å². The van der Waals surface area contributed by atoms with Gasteiger partial charge in [-0.05, 0) is 34.5 Å². The lowest BCUT2D eigenvalue weighted by Gasteiger charge is -2.22. The maximum Gasteiger partial charge on any atom is 0.235 e. The van der Waals surface area contributed by atoms with E-state index in [1.165, 1.54) is 0 Å². The molecule has 2 aromatic rings. The van der Waals surface area contributed by atoms with Crippen LogP contribution in [0.4, 0.5) is 0 Å². The predicted molar refractivity (Wildman–Crippen MR) is 68.0 cm³/mol. The highest BCUT2D eigenvalue weighted by atomic mass is 79.9. The van der Waals surface area contributed by atoms with Crippen molar-refractivity contribution >= 4 is 33.4 Å². The van der Waals surface area contributed by atoms with Gasteiger partial charge in [0.15, 0.2) is 5.65 Å². The molecule has 6 heteroatoms. The van der Waals surface area contributed by atoms with Gasteiger partial charge in [0.2, 0.25) is 11.8 Å². The van der Waals surface area contributed by atoms with Gasteiger partial charge in [0.1, 0.15) is 0 Å². The molecule has 3 rings (SSSR count). The summed E-state index contributed by atoms with van der Waals surface area (Å²) in [4.78, 5) is 27.3. The topological polar surface area (TPSA) is 63.5 Å². The van der Waals surface area contributed by atoms with Crippen LogP contribution in [0.3, 0.4) is 0 Å². The maximum absolute atomic E-state index is 11.9. The van der Waals surface area contributed by atoms with E-state index < -0.39 is 0 Å². The number of nitrogens with one attached hydrogen (secondary N) is 1. The SMILES string of the molecule is O=C1CCC(c2ccc(Br)c3nccn23)C(=O)N1. The summed E-state index contributed by atoms with van der Waals surface area (Å²) in [6, 6.07) is 3.76. The fourth-order valence-electron chi connectivity index (χ4n) is 2.26. The fraction of sp³-hybridized carbons (Fsp3) is 0.250. The number of aromatic nitrogens is 2. The van der Waals surface area contributed by atoms with E-state index in [0.29, 0.717) is 12.8 Å². The van der Waals surface area contributed by atoms with E-state index in [9.17, 15) is 9.59 Å². The van der Waals surface area contributed by atoms with Crippen LogP contribution in [-0.4, -0.2) is 21.2 Å². The summed E-state index contributed by atoms with van der Waals surface area (Å²) in [6.07, 6.45) is 4.43. The molecule has 2 aromatic heterocycles. The molecule has 3 heterocycles. The van der Waals surface area contributed by atoms with E-state index in [0.717, 1.165) is 15.8 Å². The highest BCUT2D eigenvalue weighted by Crippen LogP contribution is 2.28. The van der Waals surface area contributed by atoms with E-state index in [4.69, 9.17) is 0 Å². The van der Waals surface area contributed by atoms with Crippen molar-refractivity contribution in [2.24, 2.45) is 0 Å². The van der Waals surface area contributed by atoms with Crippen LogP contribution < -0.4 is 5.32 Å². The van der Waals surface area contributed by atoms with Gasteiger partial charge in [-0.3, -0.25) is 14.9 Å². The molecule has 5 nitrogen and oxygen atoms in total. The summed E-state index contributed by atoms with van der Waals surface area (Å²) in [6.45, 7) is 0. The van der Waals surface area contributed by atoms with Crippen LogP contribution in [0.5, 0.6) is 0 Å². The van der Waals surface area contributed by atoms with Crippen molar-refractivity contribution in [1.82, 2.24) is 14.7 Å². The molecule has 1 atom stereocenters. The Morgan fingerprint density at radius 2 is 2.22 bits per heavy atom. The zero-order valence-electron chi connectivity index (χ0n) is 9.39. The van der Waals surface area contributed by atoms with Crippen molar-refractivity contribution in [3.05, 3.63) is 34.7 Å². The third-order valence-electron chi connectivity index (χ3n) is 3.13. The number of amides is 2. The van der Waals surface area contributed by atoms with Gasteiger partial charge in [-0.25, -0.2) is 4.98 Å². The zero-order chi connectivity index (χ0) is 12.7. The van der Waals surface area contributed by atoms with Crippen molar-refractivity contribution in [2.75, 3.05) is 0 Å². The number of rotatable bonds is 1. The Morgan fingerprint density at radius 1 is 1.39 bits per heavy atom. The lowest BCUT2D eigenvalue weighted by molar-refractivity contribution is -0.134. The van der Waals surface area contributed by atoms with Gasteiger partial charge < -0.3 is 4.40 Å². The molecular weight excluding hydrogens is 298 g/mol. The monoisotopic (exact) mass is 307 g/mol. The Morgan fingerprint density at radius 3 is 3.00 bits per heavy atom. The maximum atomic E-state index is 11.9. The van der Waals surface area contributed by atoms with Gasteiger partial charge >= 0.3 is 0 Å². The number of pyridine rings is 1. The molecule has 0 bridgehead atoms. The van der Waals surface area contributed by atoms with E-state index in [2.05, 4.69) is 26.2 Å². The van der Waals surface area contributed by atoms with Gasteiger partial charge in [0, 0.05) is 24.5 Å². The molecule has 0 aliphatic carbocycles. The van der Waals surface area contributed by atoms with Gasteiger partial charge in [0.05, 0.1) is 10.4 Å². The number of nitrogens with zero attached hydrogens (tertiary/aromatic N) is 2. The second kappa shape index (κ2) is 4.20. The van der Waals surface area contributed by atoms with Crippen LogP contribution >= 0.6 is 15.9 Å². The van der Waals surface area contributed by atoms with Crippen LogP contribution in [0.1, 0.15) is 24.5 Å². The predicted octanol–water partition coefficient (Wildman–Crippen LogP) is 1.62. The first-order chi connectivity index (χ1) is 8.66. The molecule has 1 saturated heterocycles. The molecule has 1 fully saturated rings. The van der Waals surface area contributed by atoms with Crippen LogP contribution in [0.15, 0.2) is 29.0 Å². The van der Waals surface area contributed by atoms with Crippen molar-refractivity contribution in [2.45, 2.75) is 18.8 Å². The summed E-state index contributed by atoms with van der Waals surface area (Å²) < 4.78 is 2.76. The minimum Gasteiger partial charge on any atom is -0.302 e. The molecule has 1 aliphatic rings. The molecular formula is C12H10BrN3O2. The molecule has 18 heavy (non-hydrogen) atoms. The normalized spacial score (nSPS) is 20.2. The number of halogens is 1. The molecule has 0 saturated carbocycles. The summed E-state index contributed by atoms with van der Waals surface area (Å²) in [7, 11) is 0. The van der Waals surface area contributed by atoms with E-state index in [1.807, 2.05) is 22.7 Å². The average molecular weight is 308 g/mol. The first kappa shape index (κ1) is 11.4.